The van der Waals surface area contributed by atoms with Crippen LogP contribution < -0.4 is 10.6 Å². The Morgan fingerprint density at radius 1 is 0.571 bits per heavy atom. The van der Waals surface area contributed by atoms with Crippen molar-refractivity contribution >= 4 is 101 Å². The molecule has 6 rings (SSSR count). The van der Waals surface area contributed by atoms with Gasteiger partial charge in [0, 0.05) is 51.8 Å². The lowest BCUT2D eigenvalue weighted by atomic mass is 9.77. The van der Waals surface area contributed by atoms with Gasteiger partial charge < -0.3 is 30.2 Å². The van der Waals surface area contributed by atoms with E-state index in [-0.39, 0.29) is 52.8 Å². The highest BCUT2D eigenvalue weighted by molar-refractivity contribution is 7.90. The molecule has 2 fully saturated rings. The first-order valence-corrected chi connectivity index (χ1v) is 31.2. The van der Waals surface area contributed by atoms with E-state index in [9.17, 15) is 44.0 Å². The van der Waals surface area contributed by atoms with E-state index in [1.165, 1.54) is 30.5 Å². The van der Waals surface area contributed by atoms with Crippen LogP contribution >= 0.6 is 69.6 Å². The summed E-state index contributed by atoms with van der Waals surface area (Å²) in [7, 11) is -2.90. The molecule has 2 unspecified atom stereocenters. The first-order chi connectivity index (χ1) is 35.8. The second kappa shape index (κ2) is 27.7. The molecular formula is C53H66Cl6F4N6O6S2. The van der Waals surface area contributed by atoms with Crippen LogP contribution in [0.1, 0.15) is 80.2 Å². The van der Waals surface area contributed by atoms with Crippen molar-refractivity contribution in [1.29, 1.82) is 0 Å². The highest BCUT2D eigenvalue weighted by atomic mass is 35.5. The van der Waals surface area contributed by atoms with E-state index < -0.39 is 48.1 Å². The Morgan fingerprint density at radius 2 is 0.922 bits per heavy atom. The number of alkyl halides is 3. The van der Waals surface area contributed by atoms with Crippen LogP contribution in [0.15, 0.2) is 72.8 Å². The van der Waals surface area contributed by atoms with Crippen LogP contribution in [0.3, 0.4) is 0 Å². The molecule has 0 aromatic heterocycles. The molecule has 0 spiro atoms. The van der Waals surface area contributed by atoms with Crippen molar-refractivity contribution in [3.8, 4) is 0 Å². The minimum atomic E-state index is -4.86. The van der Waals surface area contributed by atoms with Crippen LogP contribution in [0.4, 0.5) is 17.6 Å². The highest BCUT2D eigenvalue weighted by Crippen LogP contribution is 2.38. The molecule has 12 nitrogen and oxygen atoms in total. The minimum Gasteiger partial charge on any atom is -0.341 e. The lowest BCUT2D eigenvalue weighted by molar-refractivity contribution is -0.140. The number of likely N-dealkylation sites (N-methyl/N-ethyl adjacent to an activating group) is 2. The van der Waals surface area contributed by atoms with Crippen molar-refractivity contribution in [2.75, 3.05) is 77.6 Å². The number of benzene rings is 4. The molecule has 2 aliphatic rings. The molecule has 0 aliphatic carbocycles. The number of nitrogens with one attached hydrogen (secondary N) is 2. The molecule has 426 valence electrons. The van der Waals surface area contributed by atoms with Crippen molar-refractivity contribution in [3.63, 3.8) is 0 Å². The number of likely N-dealkylation sites (tertiary alicyclic amines) is 2. The predicted molar refractivity (Wildman–Crippen MR) is 302 cm³/mol. The van der Waals surface area contributed by atoms with Gasteiger partial charge in [-0.25, -0.2) is 21.2 Å². The lowest BCUT2D eigenvalue weighted by Crippen LogP contribution is -2.47. The van der Waals surface area contributed by atoms with Gasteiger partial charge in [-0.05, 0) is 162 Å². The lowest BCUT2D eigenvalue weighted by Gasteiger charge is -2.37. The molecule has 2 aliphatic heterocycles. The van der Waals surface area contributed by atoms with E-state index in [2.05, 4.69) is 20.4 Å². The van der Waals surface area contributed by atoms with E-state index >= 15 is 0 Å². The Bertz CT molecular complexity index is 2930. The number of piperidine rings is 2. The van der Waals surface area contributed by atoms with Gasteiger partial charge in [-0.15, -0.1) is 0 Å². The number of nitrogens with zero attached hydrogens (tertiary/aromatic N) is 4. The number of amides is 2. The summed E-state index contributed by atoms with van der Waals surface area (Å²) in [6, 6.07) is 18.6. The topological polar surface area (TPSA) is 139 Å². The normalized spacial score (nSPS) is 17.0. The van der Waals surface area contributed by atoms with Gasteiger partial charge in [0.1, 0.15) is 5.82 Å². The molecule has 24 heteroatoms. The van der Waals surface area contributed by atoms with Gasteiger partial charge in [-0.1, -0.05) is 93.9 Å². The van der Waals surface area contributed by atoms with Crippen molar-refractivity contribution in [1.82, 2.24) is 30.2 Å². The van der Waals surface area contributed by atoms with Gasteiger partial charge in [0.15, 0.2) is 19.7 Å². The molecular weight excluding hydrogens is 1170 g/mol. The van der Waals surface area contributed by atoms with Gasteiger partial charge in [0.05, 0.1) is 58.3 Å². The van der Waals surface area contributed by atoms with Crippen molar-refractivity contribution in [2.24, 2.45) is 0 Å². The van der Waals surface area contributed by atoms with Crippen LogP contribution in [0, 0.1) is 5.82 Å². The van der Waals surface area contributed by atoms with Gasteiger partial charge >= 0.3 is 6.18 Å². The highest BCUT2D eigenvalue weighted by Gasteiger charge is 2.41. The Kier molecular flexibility index (Phi) is 23.3. The summed E-state index contributed by atoms with van der Waals surface area (Å²) in [6.07, 6.45) is 1.72. The largest absolute Gasteiger partial charge is 0.419 e. The number of carbonyl (C=O) groups is 2. The fourth-order valence-electron chi connectivity index (χ4n) is 9.51. The summed E-state index contributed by atoms with van der Waals surface area (Å²) in [5.74, 6) is -1.84. The van der Waals surface area contributed by atoms with Gasteiger partial charge in [0.2, 0.25) is 11.8 Å². The van der Waals surface area contributed by atoms with E-state index in [1.807, 2.05) is 19.1 Å². The van der Waals surface area contributed by atoms with E-state index in [0.29, 0.717) is 76.2 Å². The number of carbonyl (C=O) groups excluding carboxylic acids is 2. The number of hydrogen-bond donors (Lipinski definition) is 2. The molecule has 4 aromatic rings. The van der Waals surface area contributed by atoms with Crippen molar-refractivity contribution < 1.29 is 44.0 Å². The van der Waals surface area contributed by atoms with Gasteiger partial charge in [0.25, 0.3) is 0 Å². The molecule has 2 atom stereocenters. The van der Waals surface area contributed by atoms with Crippen molar-refractivity contribution in [3.05, 3.63) is 137 Å². The standard InChI is InChI=1S/C27H33Cl2F4N3O3S.C26H33Cl4N3O3S/c1-26(19-5-6-22(28)23(29)15-19,10-13-36-11-8-20(9-12-36)34-17-40(3,38)39)25(37)35(2)16-18-4-7-24(30)21(14-18)27(31,32)33;1-26(19-5-7-22(28)24(30)15-19,25(34)32(2)16-18-4-6-21(27)23(29)14-18)10-13-33-11-8-20(9-12-33)31-17-37(3,35)36/h4-7,14-15,20,34H,8-13,16-17H2,1-3H3;4-7,14-15,20,31H,8-13,16-17H2,1-3H3. The molecule has 0 bridgehead atoms. The smallest absolute Gasteiger partial charge is 0.341 e. The fraction of sp³-hybridized carbons (Fsp3) is 0.509. The average Bonchev–Trinajstić information content (AvgIpc) is 3.36. The summed E-state index contributed by atoms with van der Waals surface area (Å²) in [5.41, 5.74) is -0.884. The average molecular weight is 1240 g/mol. The second-order valence-corrected chi connectivity index (χ2v) is 27.3. The maximum Gasteiger partial charge on any atom is 0.419 e. The second-order valence-electron chi connectivity index (χ2n) is 20.6. The third kappa shape index (κ3) is 19.1. The van der Waals surface area contributed by atoms with E-state index in [0.717, 1.165) is 62.0 Å². The van der Waals surface area contributed by atoms with Gasteiger partial charge in [-0.3, -0.25) is 9.59 Å². The molecule has 0 saturated carbocycles. The quantitative estimate of drug-likeness (QED) is 0.0822. The molecule has 0 radical (unpaired) electrons. The summed E-state index contributed by atoms with van der Waals surface area (Å²) >= 11 is 37.1. The zero-order valence-electron chi connectivity index (χ0n) is 43.7. The SMILES string of the molecule is CN(Cc1ccc(Cl)c(Cl)c1)C(=O)C(C)(CCN1CCC(NCS(C)(=O)=O)CC1)c1ccc(Cl)c(Cl)c1.CN(Cc1ccc(F)c(C(F)(F)F)c1)C(=O)C(C)(CCN1CCC(NCS(C)(=O)=O)CC1)c1ccc(Cl)c(Cl)c1. The maximum atomic E-state index is 13.9. The third-order valence-corrected chi connectivity index (χ3v) is 17.8. The molecule has 2 N–H and O–H groups in total. The van der Waals surface area contributed by atoms with Crippen LogP contribution in [-0.2, 0) is 59.4 Å². The molecule has 77 heavy (non-hydrogen) atoms. The van der Waals surface area contributed by atoms with Crippen LogP contribution in [0.2, 0.25) is 30.1 Å². The first-order valence-electron chi connectivity index (χ1n) is 24.8. The number of hydrogen-bond acceptors (Lipinski definition) is 10. The van der Waals surface area contributed by atoms with Crippen LogP contribution in [0.25, 0.3) is 0 Å². The fourth-order valence-corrected chi connectivity index (χ4v) is 11.5. The predicted octanol–water partition coefficient (Wildman–Crippen LogP) is 11.2. The summed E-state index contributed by atoms with van der Waals surface area (Å²) in [4.78, 5) is 35.4. The third-order valence-electron chi connectivity index (χ3n) is 14.2. The Balaban J connectivity index is 0.000000285. The molecule has 2 heterocycles. The van der Waals surface area contributed by atoms with Crippen LogP contribution in [0.5, 0.6) is 0 Å². The van der Waals surface area contributed by atoms with Crippen molar-refractivity contribution in [2.45, 2.75) is 94.6 Å². The van der Waals surface area contributed by atoms with Crippen LogP contribution in [-0.4, -0.2) is 138 Å². The summed E-state index contributed by atoms with van der Waals surface area (Å²) in [6.45, 7) is 8.25. The Hall–Kier alpha value is -2.98. The monoisotopic (exact) mass is 1230 g/mol. The summed E-state index contributed by atoms with van der Waals surface area (Å²) in [5, 5.41) is 8.55. The number of sulfone groups is 2. The minimum absolute atomic E-state index is 0.00721. The zero-order chi connectivity index (χ0) is 57.3. The van der Waals surface area contributed by atoms with E-state index in [4.69, 9.17) is 69.6 Å². The first kappa shape index (κ1) is 64.8. The molecule has 2 saturated heterocycles. The maximum absolute atomic E-state index is 13.9. The zero-order valence-corrected chi connectivity index (χ0v) is 49.9. The summed E-state index contributed by atoms with van der Waals surface area (Å²) < 4.78 is 99.3. The Labute approximate surface area is 480 Å². The molecule has 2 amide bonds. The molecule has 4 aromatic carbocycles. The van der Waals surface area contributed by atoms with Gasteiger partial charge in [-0.2, -0.15) is 13.2 Å². The Morgan fingerprint density at radius 3 is 1.27 bits per heavy atom. The van der Waals surface area contributed by atoms with E-state index in [1.54, 1.807) is 61.3 Å². The number of rotatable bonds is 20. The number of halogens is 10.